The van der Waals surface area contributed by atoms with E-state index >= 15 is 0 Å². The van der Waals surface area contributed by atoms with E-state index in [1.54, 1.807) is 37.7 Å². The number of esters is 1. The normalized spacial score (nSPS) is 12.1. The van der Waals surface area contributed by atoms with Gasteiger partial charge in [0.15, 0.2) is 11.2 Å². The number of unbranched alkanes of at least 4 members (excludes halogenated alkanes) is 1. The fourth-order valence-corrected chi connectivity index (χ4v) is 3.45. The maximum Gasteiger partial charge on any atom is 0.339 e. The molecule has 0 aliphatic heterocycles. The summed E-state index contributed by atoms with van der Waals surface area (Å²) in [7, 11) is 3.27. The minimum atomic E-state index is -1.20. The zero-order valence-electron chi connectivity index (χ0n) is 17.6. The number of carboxylic acids is 1. The molecule has 31 heavy (non-hydrogen) atoms. The molecule has 2 aromatic heterocycles. The first-order valence-corrected chi connectivity index (χ1v) is 9.86. The van der Waals surface area contributed by atoms with Crippen LogP contribution in [0.25, 0.3) is 11.2 Å². The van der Waals surface area contributed by atoms with E-state index in [0.29, 0.717) is 30.4 Å². The molecule has 0 saturated carbocycles. The Morgan fingerprint density at radius 1 is 1.13 bits per heavy atom. The van der Waals surface area contributed by atoms with Crippen molar-refractivity contribution in [2.45, 2.75) is 38.8 Å². The number of ether oxygens (including phenoxy) is 1. The number of rotatable bonds is 8. The van der Waals surface area contributed by atoms with Gasteiger partial charge >= 0.3 is 17.6 Å². The summed E-state index contributed by atoms with van der Waals surface area (Å²) in [6.45, 7) is 1.95. The highest BCUT2D eigenvalue weighted by atomic mass is 16.5. The molecule has 0 saturated heterocycles. The Morgan fingerprint density at radius 3 is 2.48 bits per heavy atom. The molecule has 0 aliphatic rings. The van der Waals surface area contributed by atoms with Crippen molar-refractivity contribution >= 4 is 23.1 Å². The number of hydrogen-bond donors (Lipinski definition) is 1. The Labute approximate surface area is 177 Å². The molecule has 2 heterocycles. The van der Waals surface area contributed by atoms with Crippen LogP contribution in [-0.2, 0) is 25.4 Å². The second kappa shape index (κ2) is 8.99. The van der Waals surface area contributed by atoms with Crippen LogP contribution in [0.5, 0.6) is 0 Å². The Balaban J connectivity index is 1.60. The summed E-state index contributed by atoms with van der Waals surface area (Å²) in [6.07, 6.45) is 2.69. The Kier molecular flexibility index (Phi) is 6.38. The topological polar surface area (TPSA) is 125 Å². The Hall–Kier alpha value is -3.69. The van der Waals surface area contributed by atoms with Crippen molar-refractivity contribution in [1.82, 2.24) is 18.7 Å². The number of benzene rings is 1. The molecule has 0 radical (unpaired) electrons. The lowest BCUT2D eigenvalue weighted by molar-refractivity contribution is 0.0313. The van der Waals surface area contributed by atoms with E-state index in [4.69, 9.17) is 4.74 Å². The number of hydrogen-bond acceptors (Lipinski definition) is 6. The van der Waals surface area contributed by atoms with Gasteiger partial charge in [0.05, 0.1) is 23.6 Å². The van der Waals surface area contributed by atoms with Crippen LogP contribution in [0.3, 0.4) is 0 Å². The molecular weight excluding hydrogens is 404 g/mol. The molecule has 1 atom stereocenters. The summed E-state index contributed by atoms with van der Waals surface area (Å²) >= 11 is 0. The highest BCUT2D eigenvalue weighted by molar-refractivity contribution is 6.02. The largest absolute Gasteiger partial charge is 0.478 e. The number of fused-ring (bicyclic) bond motifs is 1. The fraction of sp³-hybridized carbons (Fsp3) is 0.381. The zero-order chi connectivity index (χ0) is 22.7. The van der Waals surface area contributed by atoms with E-state index in [1.807, 2.05) is 0 Å². The predicted octanol–water partition coefficient (Wildman–Crippen LogP) is 1.55. The van der Waals surface area contributed by atoms with E-state index in [0.717, 1.165) is 0 Å². The van der Waals surface area contributed by atoms with E-state index in [9.17, 15) is 24.3 Å². The molecule has 3 aromatic rings. The average Bonchev–Trinajstić information content (AvgIpc) is 3.13. The highest BCUT2D eigenvalue weighted by Crippen LogP contribution is 2.14. The van der Waals surface area contributed by atoms with Gasteiger partial charge in [-0.2, -0.15) is 0 Å². The van der Waals surface area contributed by atoms with Crippen LogP contribution in [0.2, 0.25) is 0 Å². The quantitative estimate of drug-likeness (QED) is 0.426. The summed E-state index contributed by atoms with van der Waals surface area (Å²) in [4.78, 5) is 52.8. The SMILES string of the molecule is CC(CCCCn1c(=O)c2c(ncn2C)n(C)c1=O)OC(=O)c1ccccc1C(=O)O. The summed E-state index contributed by atoms with van der Waals surface area (Å²) in [5.41, 5.74) is -0.219. The molecule has 1 aromatic carbocycles. The maximum atomic E-state index is 12.7. The monoisotopic (exact) mass is 428 g/mol. The lowest BCUT2D eigenvalue weighted by Crippen LogP contribution is -2.39. The van der Waals surface area contributed by atoms with Crippen molar-refractivity contribution in [2.24, 2.45) is 14.1 Å². The van der Waals surface area contributed by atoms with Gasteiger partial charge in [-0.15, -0.1) is 0 Å². The third kappa shape index (κ3) is 4.42. The van der Waals surface area contributed by atoms with Gasteiger partial charge in [-0.3, -0.25) is 13.9 Å². The molecule has 1 unspecified atom stereocenters. The van der Waals surface area contributed by atoms with Gasteiger partial charge in [-0.1, -0.05) is 12.1 Å². The van der Waals surface area contributed by atoms with Crippen LogP contribution < -0.4 is 11.2 Å². The second-order valence-corrected chi connectivity index (χ2v) is 7.39. The van der Waals surface area contributed by atoms with Crippen molar-refractivity contribution < 1.29 is 19.4 Å². The van der Waals surface area contributed by atoms with Crippen molar-refractivity contribution in [3.05, 3.63) is 62.6 Å². The number of carboxylic acid groups (broad SMARTS) is 1. The van der Waals surface area contributed by atoms with E-state index < -0.39 is 23.7 Å². The summed E-state index contributed by atoms with van der Waals surface area (Å²) < 4.78 is 9.48. The lowest BCUT2D eigenvalue weighted by atomic mass is 10.1. The standard InChI is InChI=1S/C21H24N4O6/c1-13(31-20(29)15-10-5-4-9-14(15)19(27)28)8-6-7-11-25-18(26)16-17(22-12-23(16)2)24(3)21(25)30/h4-5,9-10,12-13H,6-8,11H2,1-3H3,(H,27,28). The van der Waals surface area contributed by atoms with Gasteiger partial charge in [0.25, 0.3) is 5.56 Å². The smallest absolute Gasteiger partial charge is 0.339 e. The zero-order valence-corrected chi connectivity index (χ0v) is 17.6. The van der Waals surface area contributed by atoms with Crippen molar-refractivity contribution in [2.75, 3.05) is 0 Å². The first-order chi connectivity index (χ1) is 14.7. The number of carbonyl (C=O) groups is 2. The maximum absolute atomic E-state index is 12.7. The van der Waals surface area contributed by atoms with Crippen LogP contribution in [0.1, 0.15) is 46.9 Å². The lowest BCUT2D eigenvalue weighted by Gasteiger charge is -2.14. The van der Waals surface area contributed by atoms with E-state index in [2.05, 4.69) is 4.98 Å². The van der Waals surface area contributed by atoms with Gasteiger partial charge in [-0.25, -0.2) is 19.4 Å². The predicted molar refractivity (Wildman–Crippen MR) is 112 cm³/mol. The highest BCUT2D eigenvalue weighted by Gasteiger charge is 2.19. The molecule has 0 amide bonds. The number of imidazole rings is 1. The summed E-state index contributed by atoms with van der Waals surface area (Å²) in [5.74, 6) is -1.89. The molecule has 0 aliphatic carbocycles. The van der Waals surface area contributed by atoms with E-state index in [-0.39, 0.29) is 23.2 Å². The minimum absolute atomic E-state index is 0.00128. The average molecular weight is 428 g/mol. The molecule has 3 rings (SSSR count). The van der Waals surface area contributed by atoms with Gasteiger partial charge in [0.2, 0.25) is 0 Å². The molecule has 164 valence electrons. The number of aromatic nitrogens is 4. The van der Waals surface area contributed by atoms with Gasteiger partial charge in [0.1, 0.15) is 0 Å². The summed E-state index contributed by atoms with van der Waals surface area (Å²) in [5, 5.41) is 9.20. The number of aromatic carboxylic acids is 1. The fourth-order valence-electron chi connectivity index (χ4n) is 3.45. The van der Waals surface area contributed by atoms with Crippen LogP contribution in [-0.4, -0.2) is 41.8 Å². The second-order valence-electron chi connectivity index (χ2n) is 7.39. The number of carbonyl (C=O) groups excluding carboxylic acids is 1. The Bertz CT molecular complexity index is 1250. The molecule has 0 spiro atoms. The van der Waals surface area contributed by atoms with Gasteiger partial charge in [0, 0.05) is 20.6 Å². The van der Waals surface area contributed by atoms with Crippen LogP contribution >= 0.6 is 0 Å². The van der Waals surface area contributed by atoms with Crippen molar-refractivity contribution in [1.29, 1.82) is 0 Å². The molecule has 10 heteroatoms. The molecule has 1 N–H and O–H groups in total. The van der Waals surface area contributed by atoms with Crippen LogP contribution in [0.4, 0.5) is 0 Å². The first-order valence-electron chi connectivity index (χ1n) is 9.86. The number of nitrogens with zero attached hydrogens (tertiary/aromatic N) is 4. The third-order valence-corrected chi connectivity index (χ3v) is 5.13. The molecule has 10 nitrogen and oxygen atoms in total. The van der Waals surface area contributed by atoms with Crippen molar-refractivity contribution in [3.8, 4) is 0 Å². The van der Waals surface area contributed by atoms with Crippen molar-refractivity contribution in [3.63, 3.8) is 0 Å². The Morgan fingerprint density at radius 2 is 1.81 bits per heavy atom. The van der Waals surface area contributed by atoms with Crippen LogP contribution in [0, 0.1) is 0 Å². The molecule has 0 fully saturated rings. The first kappa shape index (κ1) is 22.0. The summed E-state index contributed by atoms with van der Waals surface area (Å²) in [6, 6.07) is 5.87. The molecular formula is C21H24N4O6. The minimum Gasteiger partial charge on any atom is -0.478 e. The van der Waals surface area contributed by atoms with E-state index in [1.165, 1.54) is 27.6 Å². The van der Waals surface area contributed by atoms with Crippen LogP contribution in [0.15, 0.2) is 40.2 Å². The third-order valence-electron chi connectivity index (χ3n) is 5.13. The molecule has 0 bridgehead atoms. The number of aryl methyl sites for hydroxylation is 2. The van der Waals surface area contributed by atoms with Gasteiger partial charge < -0.3 is 14.4 Å². The van der Waals surface area contributed by atoms with Gasteiger partial charge in [-0.05, 0) is 38.3 Å².